The van der Waals surface area contributed by atoms with E-state index in [1.807, 2.05) is 0 Å². The van der Waals surface area contributed by atoms with Gasteiger partial charge in [-0.05, 0) is 61.4 Å². The van der Waals surface area contributed by atoms with Gasteiger partial charge in [-0.15, -0.1) is 0 Å². The summed E-state index contributed by atoms with van der Waals surface area (Å²) in [6.07, 6.45) is 0. The van der Waals surface area contributed by atoms with Gasteiger partial charge in [-0.2, -0.15) is 0 Å². The molecule has 2 N–H and O–H groups in total. The molecule has 2 aromatic rings. The second-order valence-corrected chi connectivity index (χ2v) is 10.2. The highest BCUT2D eigenvalue weighted by molar-refractivity contribution is 7.90. The molecule has 0 unspecified atom stereocenters. The van der Waals surface area contributed by atoms with Crippen molar-refractivity contribution in [3.63, 3.8) is 0 Å². The molecule has 0 bridgehead atoms. The fraction of sp³-hybridized carbons (Fsp3) is 0.300. The Kier molecular flexibility index (Phi) is 8.13. The molecule has 174 valence electrons. The molecule has 0 spiro atoms. The number of aryl methyl sites for hydroxylation is 2. The molecule has 2 aromatic carbocycles. The smallest absolute Gasteiger partial charge is 0.337 e. The molecule has 32 heavy (non-hydrogen) atoms. The number of hydrogen-bond donors (Lipinski definition) is 2. The van der Waals surface area contributed by atoms with Gasteiger partial charge in [0.15, 0.2) is 0 Å². The third-order valence-corrected chi connectivity index (χ3v) is 7.72. The van der Waals surface area contributed by atoms with Crippen molar-refractivity contribution in [1.29, 1.82) is 0 Å². The summed E-state index contributed by atoms with van der Waals surface area (Å²) in [5, 5.41) is 0. The maximum Gasteiger partial charge on any atom is 0.337 e. The van der Waals surface area contributed by atoms with E-state index < -0.39 is 32.0 Å². The Morgan fingerprint density at radius 1 is 0.719 bits per heavy atom. The second-order valence-electron chi connectivity index (χ2n) is 6.74. The highest BCUT2D eigenvalue weighted by Crippen LogP contribution is 2.18. The van der Waals surface area contributed by atoms with Crippen LogP contribution in [0.5, 0.6) is 0 Å². The van der Waals surface area contributed by atoms with E-state index in [1.54, 1.807) is 0 Å². The van der Waals surface area contributed by atoms with Crippen LogP contribution in [0.25, 0.3) is 0 Å². The summed E-state index contributed by atoms with van der Waals surface area (Å²) < 4.78 is 64.0. The first-order valence-electron chi connectivity index (χ1n) is 9.30. The number of benzene rings is 2. The average molecular weight is 485 g/mol. The summed E-state index contributed by atoms with van der Waals surface area (Å²) in [6, 6.07) is 8.00. The van der Waals surface area contributed by atoms with Crippen LogP contribution in [0.2, 0.25) is 0 Å². The van der Waals surface area contributed by atoms with Crippen LogP contribution >= 0.6 is 0 Å². The lowest BCUT2D eigenvalue weighted by atomic mass is 10.1. The quantitative estimate of drug-likeness (QED) is 0.398. The van der Waals surface area contributed by atoms with Crippen molar-refractivity contribution in [3.8, 4) is 0 Å². The first-order chi connectivity index (χ1) is 14.9. The number of carbonyl (C=O) groups excluding carboxylic acids is 2. The van der Waals surface area contributed by atoms with Gasteiger partial charge in [0, 0.05) is 13.1 Å². The molecule has 0 aliphatic heterocycles. The second kappa shape index (κ2) is 10.2. The number of carbonyl (C=O) groups is 2. The van der Waals surface area contributed by atoms with Gasteiger partial charge in [0.05, 0.1) is 35.1 Å². The molecule has 0 aromatic heterocycles. The number of methoxy groups -OCH3 is 2. The molecular formula is C20H24N2O8S2. The van der Waals surface area contributed by atoms with Crippen LogP contribution < -0.4 is 9.44 Å². The minimum absolute atomic E-state index is 0.0396. The van der Waals surface area contributed by atoms with Crippen LogP contribution in [0.3, 0.4) is 0 Å². The Morgan fingerprint density at radius 2 is 1.06 bits per heavy atom. The Bertz CT molecular complexity index is 1140. The van der Waals surface area contributed by atoms with E-state index in [1.165, 1.54) is 64.5 Å². The van der Waals surface area contributed by atoms with E-state index in [-0.39, 0.29) is 34.0 Å². The standard InChI is InChI=1S/C20H24N2O8S2/c1-13-11-15(19(23)29-3)5-7-17(13)31(25,26)21-9-10-22-32(27,28)18-8-6-16(12-14(18)2)20(24)30-4/h5-8,11-12,21-22H,9-10H2,1-4H3. The van der Waals surface area contributed by atoms with E-state index in [0.29, 0.717) is 11.1 Å². The molecular weight excluding hydrogens is 460 g/mol. The van der Waals surface area contributed by atoms with Crippen LogP contribution in [0, 0.1) is 13.8 Å². The van der Waals surface area contributed by atoms with Gasteiger partial charge < -0.3 is 9.47 Å². The normalized spacial score (nSPS) is 11.8. The Hall–Kier alpha value is -2.80. The van der Waals surface area contributed by atoms with E-state index in [4.69, 9.17) is 0 Å². The van der Waals surface area contributed by atoms with Crippen molar-refractivity contribution in [2.45, 2.75) is 23.6 Å². The van der Waals surface area contributed by atoms with Crippen LogP contribution in [0.1, 0.15) is 31.8 Å². The largest absolute Gasteiger partial charge is 0.465 e. The lowest BCUT2D eigenvalue weighted by Gasteiger charge is -2.12. The topological polar surface area (TPSA) is 145 Å². The maximum absolute atomic E-state index is 12.5. The van der Waals surface area contributed by atoms with Crippen molar-refractivity contribution >= 4 is 32.0 Å². The van der Waals surface area contributed by atoms with Crippen molar-refractivity contribution in [1.82, 2.24) is 9.44 Å². The van der Waals surface area contributed by atoms with Crippen molar-refractivity contribution in [2.24, 2.45) is 0 Å². The minimum Gasteiger partial charge on any atom is -0.465 e. The molecule has 0 amide bonds. The Morgan fingerprint density at radius 3 is 1.34 bits per heavy atom. The first kappa shape index (κ1) is 25.5. The summed E-state index contributed by atoms with van der Waals surface area (Å²) >= 11 is 0. The molecule has 0 saturated carbocycles. The Balaban J connectivity index is 2.04. The number of esters is 2. The molecule has 0 radical (unpaired) electrons. The first-order valence-corrected chi connectivity index (χ1v) is 12.3. The fourth-order valence-corrected chi connectivity index (χ4v) is 5.43. The minimum atomic E-state index is -3.94. The third kappa shape index (κ3) is 5.91. The molecule has 10 nitrogen and oxygen atoms in total. The summed E-state index contributed by atoms with van der Waals surface area (Å²) in [7, 11) is -5.43. The van der Waals surface area contributed by atoms with E-state index >= 15 is 0 Å². The van der Waals surface area contributed by atoms with Gasteiger partial charge in [-0.25, -0.2) is 35.9 Å². The van der Waals surface area contributed by atoms with Crippen LogP contribution in [-0.4, -0.2) is 56.1 Å². The zero-order chi connectivity index (χ0) is 24.1. The highest BCUT2D eigenvalue weighted by atomic mass is 32.2. The molecule has 12 heteroatoms. The SMILES string of the molecule is COC(=O)c1ccc(S(=O)(=O)NCCNS(=O)(=O)c2ccc(C(=O)OC)cc2C)c(C)c1. The van der Waals surface area contributed by atoms with Gasteiger partial charge >= 0.3 is 11.9 Å². The lowest BCUT2D eigenvalue weighted by molar-refractivity contribution is 0.0591. The maximum atomic E-state index is 12.5. The predicted molar refractivity (Wildman–Crippen MR) is 115 cm³/mol. The molecule has 0 fully saturated rings. The zero-order valence-corrected chi connectivity index (χ0v) is 19.6. The number of rotatable bonds is 9. The summed E-state index contributed by atoms with van der Waals surface area (Å²) in [6.45, 7) is 2.65. The number of hydrogen-bond acceptors (Lipinski definition) is 8. The zero-order valence-electron chi connectivity index (χ0n) is 18.0. The van der Waals surface area contributed by atoms with Crippen molar-refractivity contribution < 1.29 is 35.9 Å². The number of nitrogens with one attached hydrogen (secondary N) is 2. The van der Waals surface area contributed by atoms with E-state index in [2.05, 4.69) is 18.9 Å². The van der Waals surface area contributed by atoms with Crippen LogP contribution in [0.15, 0.2) is 46.2 Å². The molecule has 0 heterocycles. The van der Waals surface area contributed by atoms with Crippen LogP contribution in [-0.2, 0) is 29.5 Å². The molecule has 0 aliphatic rings. The van der Waals surface area contributed by atoms with Gasteiger partial charge in [0.1, 0.15) is 0 Å². The van der Waals surface area contributed by atoms with Crippen LogP contribution in [0.4, 0.5) is 0 Å². The van der Waals surface area contributed by atoms with Crippen molar-refractivity contribution in [2.75, 3.05) is 27.3 Å². The fourth-order valence-electron chi connectivity index (χ4n) is 2.92. The molecule has 2 rings (SSSR count). The third-order valence-electron chi connectivity index (χ3n) is 4.48. The number of ether oxygens (including phenoxy) is 2. The van der Waals surface area contributed by atoms with Gasteiger partial charge in [-0.3, -0.25) is 0 Å². The van der Waals surface area contributed by atoms with Gasteiger partial charge in [0.2, 0.25) is 20.0 Å². The monoisotopic (exact) mass is 484 g/mol. The molecule has 0 aliphatic carbocycles. The predicted octanol–water partition coefficient (Wildman–Crippen LogP) is 1.13. The molecule has 0 atom stereocenters. The highest BCUT2D eigenvalue weighted by Gasteiger charge is 2.20. The summed E-state index contributed by atoms with van der Waals surface area (Å²) in [5.41, 5.74) is 1.10. The van der Waals surface area contributed by atoms with Crippen molar-refractivity contribution in [3.05, 3.63) is 58.7 Å². The van der Waals surface area contributed by atoms with E-state index in [9.17, 15) is 26.4 Å². The summed E-state index contributed by atoms with van der Waals surface area (Å²) in [4.78, 5) is 23.0. The molecule has 0 saturated heterocycles. The van der Waals surface area contributed by atoms with Gasteiger partial charge in [0.25, 0.3) is 0 Å². The summed E-state index contributed by atoms with van der Waals surface area (Å²) in [5.74, 6) is -1.18. The van der Waals surface area contributed by atoms with E-state index in [0.717, 1.165) is 0 Å². The average Bonchev–Trinajstić information content (AvgIpc) is 2.75. The number of sulfonamides is 2. The Labute approximate surface area is 187 Å². The lowest BCUT2D eigenvalue weighted by Crippen LogP contribution is -2.35. The van der Waals surface area contributed by atoms with Gasteiger partial charge in [-0.1, -0.05) is 0 Å².